The molecule has 0 saturated heterocycles. The van der Waals surface area contributed by atoms with Gasteiger partial charge in [0.25, 0.3) is 17.4 Å². The van der Waals surface area contributed by atoms with Crippen LogP contribution in [0.4, 0.5) is 0 Å². The van der Waals surface area contributed by atoms with Crippen LogP contribution in [0.25, 0.3) is 11.7 Å². The van der Waals surface area contributed by atoms with Crippen molar-refractivity contribution >= 4 is 5.91 Å². The normalized spacial score (nSPS) is 10.9. The highest BCUT2D eigenvalue weighted by atomic mass is 16.5. The van der Waals surface area contributed by atoms with Gasteiger partial charge in [0.2, 0.25) is 5.89 Å². The van der Waals surface area contributed by atoms with E-state index in [-0.39, 0.29) is 42.0 Å². The summed E-state index contributed by atoms with van der Waals surface area (Å²) in [5.74, 6) is 0.654. The second kappa shape index (κ2) is 9.09. The first-order valence-electron chi connectivity index (χ1n) is 8.85. The van der Waals surface area contributed by atoms with Crippen molar-refractivity contribution in [2.24, 2.45) is 0 Å². The molecule has 0 atom stereocenters. The topological polar surface area (TPSA) is 116 Å². The van der Waals surface area contributed by atoms with Crippen LogP contribution < -0.4 is 5.56 Å². The minimum Gasteiger partial charge on any atom is -0.459 e. The number of methoxy groups -OCH3 is 1. The van der Waals surface area contributed by atoms with Crippen molar-refractivity contribution in [2.75, 3.05) is 20.3 Å². The molecule has 0 aliphatic rings. The number of nitrogens with zero attached hydrogens (tertiary/aromatic N) is 5. The number of carbonyl (C=O) groups excluding carboxylic acids is 1. The molecular weight excluding hydrogens is 366 g/mol. The molecule has 3 aromatic rings. The van der Waals surface area contributed by atoms with E-state index in [4.69, 9.17) is 13.6 Å². The summed E-state index contributed by atoms with van der Waals surface area (Å²) in [4.78, 5) is 26.3. The van der Waals surface area contributed by atoms with E-state index in [0.717, 1.165) is 6.42 Å². The average molecular weight is 387 g/mol. The number of rotatable bonds is 9. The molecule has 0 saturated carbocycles. The van der Waals surface area contributed by atoms with E-state index in [9.17, 15) is 9.59 Å². The first-order chi connectivity index (χ1) is 13.6. The van der Waals surface area contributed by atoms with Gasteiger partial charge in [-0.3, -0.25) is 9.59 Å². The van der Waals surface area contributed by atoms with Crippen LogP contribution in [-0.4, -0.2) is 51.0 Å². The molecule has 3 rings (SSSR count). The molecule has 0 spiro atoms. The second-order valence-corrected chi connectivity index (χ2v) is 5.98. The first kappa shape index (κ1) is 19.5. The molecule has 0 aromatic carbocycles. The Morgan fingerprint density at radius 2 is 2.14 bits per heavy atom. The maximum atomic E-state index is 12.9. The van der Waals surface area contributed by atoms with Gasteiger partial charge in [0, 0.05) is 19.7 Å². The number of hydrogen-bond donors (Lipinski definition) is 0. The molecule has 10 heteroatoms. The Labute approximate surface area is 160 Å². The number of hydrogen-bond acceptors (Lipinski definition) is 8. The Bertz CT molecular complexity index is 963. The Morgan fingerprint density at radius 1 is 1.29 bits per heavy atom. The summed E-state index contributed by atoms with van der Waals surface area (Å²) < 4.78 is 17.0. The highest BCUT2D eigenvalue weighted by Gasteiger charge is 2.21. The van der Waals surface area contributed by atoms with Gasteiger partial charge in [-0.15, -0.1) is 10.2 Å². The monoisotopic (exact) mass is 387 g/mol. The lowest BCUT2D eigenvalue weighted by molar-refractivity contribution is 0.0718. The number of amides is 1. The third-order valence-corrected chi connectivity index (χ3v) is 3.90. The summed E-state index contributed by atoms with van der Waals surface area (Å²) in [6.07, 6.45) is 2.24. The Kier molecular flexibility index (Phi) is 6.33. The van der Waals surface area contributed by atoms with Gasteiger partial charge in [0.15, 0.2) is 5.76 Å². The summed E-state index contributed by atoms with van der Waals surface area (Å²) in [6.45, 7) is 3.13. The second-order valence-electron chi connectivity index (χ2n) is 5.98. The van der Waals surface area contributed by atoms with Crippen LogP contribution in [-0.2, 0) is 17.8 Å². The molecule has 0 N–H and O–H groups in total. The predicted octanol–water partition coefficient (Wildman–Crippen LogP) is 1.59. The van der Waals surface area contributed by atoms with E-state index in [2.05, 4.69) is 15.3 Å². The number of ether oxygens (including phenoxy) is 1. The highest BCUT2D eigenvalue weighted by Crippen LogP contribution is 2.19. The van der Waals surface area contributed by atoms with Crippen LogP contribution in [0.15, 0.2) is 44.2 Å². The molecule has 148 valence electrons. The minimum absolute atomic E-state index is 0.124. The lowest BCUT2D eigenvalue weighted by Crippen LogP contribution is -2.34. The number of aromatic nitrogens is 4. The van der Waals surface area contributed by atoms with E-state index in [0.29, 0.717) is 18.9 Å². The third-order valence-electron chi connectivity index (χ3n) is 3.90. The van der Waals surface area contributed by atoms with Gasteiger partial charge in [-0.05, 0) is 24.6 Å². The fraction of sp³-hybridized carbons (Fsp3) is 0.389. The Balaban J connectivity index is 1.78. The molecule has 0 fully saturated rings. The quantitative estimate of drug-likeness (QED) is 0.543. The zero-order chi connectivity index (χ0) is 19.9. The molecule has 1 amide bonds. The van der Waals surface area contributed by atoms with Crippen LogP contribution in [0.3, 0.4) is 0 Å². The van der Waals surface area contributed by atoms with Crippen molar-refractivity contribution in [1.29, 1.82) is 0 Å². The lowest BCUT2D eigenvalue weighted by Gasteiger charge is -2.20. The smallest absolute Gasteiger partial charge is 0.283 e. The maximum absolute atomic E-state index is 12.9. The van der Waals surface area contributed by atoms with Gasteiger partial charge in [-0.2, -0.15) is 5.10 Å². The zero-order valence-corrected chi connectivity index (χ0v) is 15.7. The number of furan rings is 1. The van der Waals surface area contributed by atoms with Crippen molar-refractivity contribution in [3.63, 3.8) is 0 Å². The van der Waals surface area contributed by atoms with Gasteiger partial charge in [0.1, 0.15) is 5.69 Å². The van der Waals surface area contributed by atoms with E-state index in [1.165, 1.54) is 30.2 Å². The minimum atomic E-state index is -0.328. The van der Waals surface area contributed by atoms with Gasteiger partial charge in [0.05, 0.1) is 26.0 Å². The molecule has 0 bridgehead atoms. The lowest BCUT2D eigenvalue weighted by atomic mass is 10.3. The van der Waals surface area contributed by atoms with Crippen LogP contribution in [0.5, 0.6) is 0 Å². The van der Waals surface area contributed by atoms with Crippen molar-refractivity contribution in [3.8, 4) is 11.7 Å². The van der Waals surface area contributed by atoms with E-state index in [1.54, 1.807) is 17.0 Å². The number of carbonyl (C=O) groups is 1. The fourth-order valence-electron chi connectivity index (χ4n) is 2.57. The molecule has 3 heterocycles. The van der Waals surface area contributed by atoms with Crippen LogP contribution >= 0.6 is 0 Å². The van der Waals surface area contributed by atoms with Crippen molar-refractivity contribution < 1.29 is 18.4 Å². The fourth-order valence-corrected chi connectivity index (χ4v) is 2.57. The molecule has 10 nitrogen and oxygen atoms in total. The SMILES string of the molecule is CCCN(Cc1nnc(-c2ccco2)o1)C(=O)c1ccc(=O)n(CCOC)n1. The van der Waals surface area contributed by atoms with Gasteiger partial charge in [-0.1, -0.05) is 6.92 Å². The van der Waals surface area contributed by atoms with E-state index < -0.39 is 0 Å². The van der Waals surface area contributed by atoms with Gasteiger partial charge < -0.3 is 18.5 Å². The maximum Gasteiger partial charge on any atom is 0.283 e. The first-order valence-corrected chi connectivity index (χ1v) is 8.85. The average Bonchev–Trinajstić information content (AvgIpc) is 3.38. The molecule has 0 aliphatic carbocycles. The molecule has 0 aliphatic heterocycles. The van der Waals surface area contributed by atoms with Crippen LogP contribution in [0.2, 0.25) is 0 Å². The van der Waals surface area contributed by atoms with Crippen LogP contribution in [0.1, 0.15) is 29.7 Å². The third kappa shape index (κ3) is 4.52. The largest absolute Gasteiger partial charge is 0.459 e. The van der Waals surface area contributed by atoms with Crippen LogP contribution in [0, 0.1) is 0 Å². The summed E-state index contributed by atoms with van der Waals surface area (Å²) in [5.41, 5.74) is -0.134. The zero-order valence-electron chi connectivity index (χ0n) is 15.7. The summed E-state index contributed by atoms with van der Waals surface area (Å²) in [6, 6.07) is 6.16. The van der Waals surface area contributed by atoms with E-state index in [1.807, 2.05) is 6.92 Å². The Hall–Kier alpha value is -3.27. The van der Waals surface area contributed by atoms with Crippen molar-refractivity contribution in [1.82, 2.24) is 24.9 Å². The molecule has 0 unspecified atom stereocenters. The molecule has 3 aromatic heterocycles. The van der Waals surface area contributed by atoms with Crippen molar-refractivity contribution in [2.45, 2.75) is 26.4 Å². The van der Waals surface area contributed by atoms with E-state index >= 15 is 0 Å². The predicted molar refractivity (Wildman–Crippen MR) is 97.4 cm³/mol. The summed E-state index contributed by atoms with van der Waals surface area (Å²) >= 11 is 0. The molecular formula is C18H21N5O5. The van der Waals surface area contributed by atoms with Gasteiger partial charge >= 0.3 is 0 Å². The summed E-state index contributed by atoms with van der Waals surface area (Å²) in [7, 11) is 1.53. The molecule has 28 heavy (non-hydrogen) atoms. The standard InChI is InChI=1S/C18H21N5O5/c1-3-8-22(12-15-19-20-17(28-15)14-5-4-10-27-14)18(25)13-6-7-16(24)23(21-13)9-11-26-2/h4-7,10H,3,8-9,11-12H2,1-2H3. The molecule has 0 radical (unpaired) electrons. The Morgan fingerprint density at radius 3 is 2.86 bits per heavy atom. The van der Waals surface area contributed by atoms with Crippen molar-refractivity contribution in [3.05, 3.63) is 52.5 Å². The highest BCUT2D eigenvalue weighted by molar-refractivity contribution is 5.92. The summed E-state index contributed by atoms with van der Waals surface area (Å²) in [5, 5.41) is 12.1. The van der Waals surface area contributed by atoms with Gasteiger partial charge in [-0.25, -0.2) is 4.68 Å².